The van der Waals surface area contributed by atoms with Gasteiger partial charge in [-0.2, -0.15) is 13.2 Å². The Bertz CT molecular complexity index is 586. The van der Waals surface area contributed by atoms with Crippen molar-refractivity contribution >= 4 is 9.84 Å². The highest BCUT2D eigenvalue weighted by atomic mass is 32.2. The summed E-state index contributed by atoms with van der Waals surface area (Å²) in [6.07, 6.45) is -3.29. The standard InChI is InChI=1S/C12H14F3NO3S/c13-12(14,15)9-4-5-16-7-8(9)11(17)10-3-1-2-6-20(10,18)19/h4-5,7,10-11,17H,1-3,6H2. The van der Waals surface area contributed by atoms with Gasteiger partial charge in [0.2, 0.25) is 0 Å². The van der Waals surface area contributed by atoms with E-state index in [1.54, 1.807) is 0 Å². The average Bonchev–Trinajstić information content (AvgIpc) is 2.36. The van der Waals surface area contributed by atoms with Crippen molar-refractivity contribution in [3.05, 3.63) is 29.6 Å². The highest BCUT2D eigenvalue weighted by molar-refractivity contribution is 7.92. The minimum Gasteiger partial charge on any atom is -0.387 e. The molecule has 20 heavy (non-hydrogen) atoms. The fourth-order valence-corrected chi connectivity index (χ4v) is 4.41. The van der Waals surface area contributed by atoms with Gasteiger partial charge in [-0.05, 0) is 18.9 Å². The molecule has 1 saturated heterocycles. The zero-order valence-corrected chi connectivity index (χ0v) is 11.3. The van der Waals surface area contributed by atoms with Crippen molar-refractivity contribution in [3.63, 3.8) is 0 Å². The number of hydrogen-bond acceptors (Lipinski definition) is 4. The largest absolute Gasteiger partial charge is 0.416 e. The molecule has 1 aromatic rings. The number of sulfone groups is 1. The minimum absolute atomic E-state index is 0.101. The summed E-state index contributed by atoms with van der Waals surface area (Å²) in [6.45, 7) is 0. The molecule has 4 nitrogen and oxygen atoms in total. The topological polar surface area (TPSA) is 67.3 Å². The first-order valence-electron chi connectivity index (χ1n) is 6.14. The lowest BCUT2D eigenvalue weighted by Gasteiger charge is -2.28. The normalized spacial score (nSPS) is 24.3. The van der Waals surface area contributed by atoms with Crippen LogP contribution in [0.4, 0.5) is 13.2 Å². The molecule has 112 valence electrons. The van der Waals surface area contributed by atoms with Crippen LogP contribution >= 0.6 is 0 Å². The Morgan fingerprint density at radius 3 is 2.65 bits per heavy atom. The molecule has 0 amide bonds. The van der Waals surface area contributed by atoms with E-state index < -0.39 is 38.5 Å². The van der Waals surface area contributed by atoms with Gasteiger partial charge in [0.05, 0.1) is 22.7 Å². The third kappa shape index (κ3) is 2.95. The van der Waals surface area contributed by atoms with Crippen LogP contribution in [0.1, 0.15) is 36.5 Å². The van der Waals surface area contributed by atoms with E-state index in [-0.39, 0.29) is 12.2 Å². The molecular weight excluding hydrogens is 295 g/mol. The molecule has 2 atom stereocenters. The molecule has 0 saturated carbocycles. The first kappa shape index (κ1) is 15.2. The predicted octanol–water partition coefficient (Wildman–Crippen LogP) is 2.10. The number of nitrogens with zero attached hydrogens (tertiary/aromatic N) is 1. The highest BCUT2D eigenvalue weighted by Gasteiger charge is 2.41. The van der Waals surface area contributed by atoms with E-state index in [9.17, 15) is 26.7 Å². The van der Waals surface area contributed by atoms with E-state index >= 15 is 0 Å². The summed E-state index contributed by atoms with van der Waals surface area (Å²) in [5, 5.41) is 8.91. The van der Waals surface area contributed by atoms with E-state index in [1.165, 1.54) is 0 Å². The number of aromatic nitrogens is 1. The van der Waals surface area contributed by atoms with Crippen molar-refractivity contribution < 1.29 is 26.7 Å². The molecule has 2 rings (SSSR count). The second-order valence-corrected chi connectivity index (χ2v) is 7.15. The van der Waals surface area contributed by atoms with Gasteiger partial charge in [-0.15, -0.1) is 0 Å². The van der Waals surface area contributed by atoms with Crippen LogP contribution in [-0.4, -0.2) is 29.5 Å². The summed E-state index contributed by atoms with van der Waals surface area (Å²) in [5.41, 5.74) is -1.52. The van der Waals surface area contributed by atoms with E-state index in [1.807, 2.05) is 0 Å². The Hall–Kier alpha value is -1.15. The molecule has 0 aliphatic carbocycles. The van der Waals surface area contributed by atoms with E-state index in [2.05, 4.69) is 4.98 Å². The minimum atomic E-state index is -4.66. The zero-order chi connectivity index (χ0) is 15.0. The van der Waals surface area contributed by atoms with Gasteiger partial charge in [-0.1, -0.05) is 6.42 Å². The number of hydrogen-bond donors (Lipinski definition) is 1. The molecule has 0 radical (unpaired) electrons. The number of pyridine rings is 1. The third-order valence-electron chi connectivity index (χ3n) is 3.46. The summed E-state index contributed by atoms with van der Waals surface area (Å²) < 4.78 is 62.4. The van der Waals surface area contributed by atoms with Gasteiger partial charge >= 0.3 is 6.18 Å². The Morgan fingerprint density at radius 1 is 1.35 bits per heavy atom. The first-order chi connectivity index (χ1) is 9.23. The van der Waals surface area contributed by atoms with Gasteiger partial charge in [0.15, 0.2) is 9.84 Å². The monoisotopic (exact) mass is 309 g/mol. The molecule has 2 unspecified atom stereocenters. The summed E-state index contributed by atoms with van der Waals surface area (Å²) in [5.74, 6) is -0.101. The molecular formula is C12H14F3NO3S. The molecule has 0 spiro atoms. The Morgan fingerprint density at radius 2 is 2.05 bits per heavy atom. The summed E-state index contributed by atoms with van der Waals surface area (Å²) in [4.78, 5) is 3.57. The summed E-state index contributed by atoms with van der Waals surface area (Å²) in [6, 6.07) is 0.744. The maximum absolute atomic E-state index is 12.9. The van der Waals surface area contributed by atoms with Gasteiger partial charge in [0, 0.05) is 18.0 Å². The van der Waals surface area contributed by atoms with Crippen molar-refractivity contribution in [2.75, 3.05) is 5.75 Å². The maximum atomic E-state index is 12.9. The predicted molar refractivity (Wildman–Crippen MR) is 65.6 cm³/mol. The maximum Gasteiger partial charge on any atom is 0.416 e. The van der Waals surface area contributed by atoms with E-state index in [0.717, 1.165) is 18.5 Å². The second-order valence-electron chi connectivity index (χ2n) is 4.81. The SMILES string of the molecule is O=S1(=O)CCCCC1C(O)c1cnccc1C(F)(F)F. The van der Waals surface area contributed by atoms with Crippen LogP contribution in [0.15, 0.2) is 18.5 Å². The molecule has 1 fully saturated rings. The molecule has 2 heterocycles. The molecule has 1 aliphatic rings. The van der Waals surface area contributed by atoms with Crippen LogP contribution in [0.3, 0.4) is 0 Å². The fourth-order valence-electron chi connectivity index (χ4n) is 2.43. The zero-order valence-electron chi connectivity index (χ0n) is 10.5. The fraction of sp³-hybridized carbons (Fsp3) is 0.583. The van der Waals surface area contributed by atoms with E-state index in [4.69, 9.17) is 0 Å². The third-order valence-corrected chi connectivity index (χ3v) is 5.73. The van der Waals surface area contributed by atoms with Crippen LogP contribution < -0.4 is 0 Å². The molecule has 1 aliphatic heterocycles. The second kappa shape index (κ2) is 5.33. The summed E-state index contributed by atoms with van der Waals surface area (Å²) >= 11 is 0. The van der Waals surface area contributed by atoms with Gasteiger partial charge in [-0.3, -0.25) is 4.98 Å². The van der Waals surface area contributed by atoms with Crippen LogP contribution in [0, 0.1) is 0 Å². The molecule has 1 aromatic heterocycles. The van der Waals surface area contributed by atoms with Crippen LogP contribution in [0.5, 0.6) is 0 Å². The number of rotatable bonds is 2. The molecule has 0 aromatic carbocycles. The highest BCUT2D eigenvalue weighted by Crippen LogP contribution is 2.38. The molecule has 8 heteroatoms. The Labute approximate surface area is 114 Å². The number of alkyl halides is 3. The number of halogens is 3. The quantitative estimate of drug-likeness (QED) is 0.908. The van der Waals surface area contributed by atoms with Crippen molar-refractivity contribution in [3.8, 4) is 0 Å². The van der Waals surface area contributed by atoms with Gasteiger partial charge in [0.1, 0.15) is 0 Å². The lowest BCUT2D eigenvalue weighted by Crippen LogP contribution is -2.34. The van der Waals surface area contributed by atoms with Gasteiger partial charge in [0.25, 0.3) is 0 Å². The Balaban J connectivity index is 2.41. The number of aliphatic hydroxyl groups excluding tert-OH is 1. The average molecular weight is 309 g/mol. The van der Waals surface area contributed by atoms with Crippen LogP contribution in [0.25, 0.3) is 0 Å². The smallest absolute Gasteiger partial charge is 0.387 e. The molecule has 0 bridgehead atoms. The van der Waals surface area contributed by atoms with E-state index in [0.29, 0.717) is 12.8 Å². The van der Waals surface area contributed by atoms with Gasteiger partial charge < -0.3 is 5.11 Å². The van der Waals surface area contributed by atoms with Crippen molar-refractivity contribution in [2.45, 2.75) is 36.8 Å². The molecule has 1 N–H and O–H groups in total. The van der Waals surface area contributed by atoms with Crippen molar-refractivity contribution in [2.24, 2.45) is 0 Å². The Kier molecular flexibility index (Phi) is 4.06. The van der Waals surface area contributed by atoms with Gasteiger partial charge in [-0.25, -0.2) is 8.42 Å². The number of aliphatic hydroxyl groups is 1. The lowest BCUT2D eigenvalue weighted by atomic mass is 9.99. The van der Waals surface area contributed by atoms with Crippen molar-refractivity contribution in [1.82, 2.24) is 4.98 Å². The lowest BCUT2D eigenvalue weighted by molar-refractivity contribution is -0.139. The summed E-state index contributed by atoms with van der Waals surface area (Å²) in [7, 11) is -3.58. The first-order valence-corrected chi connectivity index (χ1v) is 7.86. The van der Waals surface area contributed by atoms with Crippen molar-refractivity contribution in [1.29, 1.82) is 0 Å². The van der Waals surface area contributed by atoms with Crippen LogP contribution in [-0.2, 0) is 16.0 Å². The van der Waals surface area contributed by atoms with Crippen LogP contribution in [0.2, 0.25) is 0 Å².